The Morgan fingerprint density at radius 2 is 2.15 bits per heavy atom. The second-order valence-electron chi connectivity index (χ2n) is 5.70. The van der Waals surface area contributed by atoms with Gasteiger partial charge in [0.15, 0.2) is 16.1 Å². The van der Waals surface area contributed by atoms with Crippen LogP contribution < -0.4 is 21.1 Å². The van der Waals surface area contributed by atoms with Gasteiger partial charge in [0.1, 0.15) is 5.82 Å². The van der Waals surface area contributed by atoms with Crippen LogP contribution in [0.25, 0.3) is 0 Å². The number of thiazole rings is 1. The molecule has 150 valence electrons. The van der Waals surface area contributed by atoms with Gasteiger partial charge in [-0.2, -0.15) is 0 Å². The number of anilines is 2. The van der Waals surface area contributed by atoms with Crippen LogP contribution in [0.15, 0.2) is 28.6 Å². The number of benzene rings is 1. The Kier molecular flexibility index (Phi) is 9.39. The Balaban J connectivity index is 1.79. The number of unbranched alkanes of at least 4 members (excludes halogenated alkanes) is 1. The molecule has 0 spiro atoms. The lowest BCUT2D eigenvalue weighted by Gasteiger charge is -2.12. The highest BCUT2D eigenvalue weighted by Crippen LogP contribution is 2.28. The Morgan fingerprint density at radius 3 is 2.85 bits per heavy atom. The molecular weight excluding hydrogens is 413 g/mol. The highest BCUT2D eigenvalue weighted by Gasteiger charge is 2.15. The van der Waals surface area contributed by atoms with Gasteiger partial charge in [-0.1, -0.05) is 11.6 Å². The second kappa shape index (κ2) is 11.5. The molecule has 7 nitrogen and oxygen atoms in total. The molecule has 2 aromatic rings. The van der Waals surface area contributed by atoms with Crippen molar-refractivity contribution in [3.63, 3.8) is 0 Å². The van der Waals surface area contributed by atoms with E-state index in [0.29, 0.717) is 28.9 Å². The first-order chi connectivity index (χ1) is 13.0. The maximum atomic E-state index is 14.3. The largest absolute Gasteiger partial charge is 0.390 e. The van der Waals surface area contributed by atoms with Crippen LogP contribution in [-0.4, -0.2) is 46.6 Å². The topological polar surface area (TPSA) is 112 Å². The zero-order chi connectivity index (χ0) is 19.6. The molecule has 0 radical (unpaired) electrons. The number of hydrogen-bond donors (Lipinski definition) is 5. The van der Waals surface area contributed by atoms with Crippen LogP contribution in [-0.2, 0) is 11.0 Å². The number of aromatic nitrogens is 1. The average molecular weight is 436 g/mol. The van der Waals surface area contributed by atoms with Crippen molar-refractivity contribution in [3.05, 3.63) is 34.5 Å². The Morgan fingerprint density at radius 1 is 1.37 bits per heavy atom. The van der Waals surface area contributed by atoms with Gasteiger partial charge >= 0.3 is 0 Å². The number of rotatable bonds is 12. The van der Waals surface area contributed by atoms with E-state index in [1.165, 1.54) is 23.5 Å². The minimum absolute atomic E-state index is 0.0246. The summed E-state index contributed by atoms with van der Waals surface area (Å²) in [5.41, 5.74) is 5.77. The Hall–Kier alpha value is -1.30. The Labute approximate surface area is 169 Å². The maximum Gasteiger partial charge on any atom is 0.194 e. The molecule has 0 aliphatic heterocycles. The summed E-state index contributed by atoms with van der Waals surface area (Å²) in [6.45, 7) is 2.06. The van der Waals surface area contributed by atoms with Gasteiger partial charge in [-0.25, -0.2) is 13.6 Å². The number of halogens is 2. The van der Waals surface area contributed by atoms with Gasteiger partial charge in [0.05, 0.1) is 21.7 Å². The fourth-order valence-corrected chi connectivity index (χ4v) is 4.03. The van der Waals surface area contributed by atoms with Gasteiger partial charge in [-0.05, 0) is 31.5 Å². The third-order valence-corrected chi connectivity index (χ3v) is 5.80. The zero-order valence-corrected chi connectivity index (χ0v) is 17.0. The molecule has 0 saturated heterocycles. The minimum Gasteiger partial charge on any atom is -0.390 e. The molecule has 0 saturated carbocycles. The molecule has 2 unspecified atom stereocenters. The number of hydrogen-bond acceptors (Lipinski definition) is 7. The fraction of sp³-hybridized carbons (Fsp3) is 0.438. The lowest BCUT2D eigenvalue weighted by Crippen LogP contribution is -2.33. The molecule has 1 heterocycles. The minimum atomic E-state index is -1.79. The van der Waals surface area contributed by atoms with Crippen LogP contribution in [0, 0.1) is 5.82 Å². The predicted molar refractivity (Wildman–Crippen MR) is 109 cm³/mol. The Bertz CT molecular complexity index is 736. The molecule has 1 aromatic carbocycles. The van der Waals surface area contributed by atoms with Gasteiger partial charge in [0.2, 0.25) is 0 Å². The summed E-state index contributed by atoms with van der Waals surface area (Å²) in [4.78, 5) is 3.93. The van der Waals surface area contributed by atoms with E-state index in [1.807, 2.05) is 0 Å². The van der Waals surface area contributed by atoms with Crippen LogP contribution in [0.4, 0.5) is 15.2 Å². The van der Waals surface area contributed by atoms with Gasteiger partial charge in [-0.15, -0.1) is 11.3 Å². The summed E-state index contributed by atoms with van der Waals surface area (Å²) in [7, 11) is -1.79. The summed E-state index contributed by atoms with van der Waals surface area (Å²) < 4.78 is 29.2. The fourth-order valence-electron chi connectivity index (χ4n) is 2.16. The van der Waals surface area contributed by atoms with Crippen molar-refractivity contribution < 1.29 is 13.7 Å². The highest BCUT2D eigenvalue weighted by molar-refractivity contribution is 7.86. The van der Waals surface area contributed by atoms with Crippen molar-refractivity contribution in [2.75, 3.05) is 36.2 Å². The van der Waals surface area contributed by atoms with Gasteiger partial charge in [0.25, 0.3) is 0 Å². The molecule has 27 heavy (non-hydrogen) atoms. The van der Waals surface area contributed by atoms with Gasteiger partial charge < -0.3 is 21.5 Å². The molecule has 0 amide bonds. The summed E-state index contributed by atoms with van der Waals surface area (Å²) in [5, 5.41) is 18.0. The number of nitrogens with one attached hydrogen (secondary N) is 3. The van der Waals surface area contributed by atoms with Gasteiger partial charge in [-0.3, -0.25) is 4.72 Å². The molecule has 0 aliphatic rings. The molecular formula is C16H23ClFN5O2S2. The van der Waals surface area contributed by atoms with Crippen LogP contribution in [0.1, 0.15) is 12.8 Å². The molecule has 11 heteroatoms. The first kappa shape index (κ1) is 22.0. The van der Waals surface area contributed by atoms with E-state index < -0.39 is 22.9 Å². The number of aliphatic hydroxyl groups excluding tert-OH is 1. The second-order valence-corrected chi connectivity index (χ2v) is 8.18. The predicted octanol–water partition coefficient (Wildman–Crippen LogP) is 2.17. The van der Waals surface area contributed by atoms with E-state index in [9.17, 15) is 13.7 Å². The standard InChI is InChI=1S/C16H23ClFN5O2S2/c17-12-7-15(27(25)23-16-22-5-6-26-16)13(18)8-14(12)21-4-2-1-3-20-10-11(24)9-19/h5-8,11,20-21,24H,1-4,9-10,19H2,(H,22,23). The maximum absolute atomic E-state index is 14.3. The van der Waals surface area contributed by atoms with Crippen LogP contribution >= 0.6 is 22.9 Å². The van der Waals surface area contributed by atoms with Crippen LogP contribution in [0.3, 0.4) is 0 Å². The summed E-state index contributed by atoms with van der Waals surface area (Å²) in [6.07, 6.45) is 2.75. The van der Waals surface area contributed by atoms with Crippen molar-refractivity contribution in [2.24, 2.45) is 5.73 Å². The van der Waals surface area contributed by atoms with E-state index in [2.05, 4.69) is 20.3 Å². The molecule has 0 bridgehead atoms. The summed E-state index contributed by atoms with van der Waals surface area (Å²) in [6, 6.07) is 2.60. The van der Waals surface area contributed by atoms with Crippen molar-refractivity contribution in [1.82, 2.24) is 10.3 Å². The third kappa shape index (κ3) is 7.32. The molecule has 2 atom stereocenters. The van der Waals surface area contributed by atoms with Crippen molar-refractivity contribution in [2.45, 2.75) is 23.8 Å². The smallest absolute Gasteiger partial charge is 0.194 e. The number of nitrogens with two attached hydrogens (primary N) is 1. The lowest BCUT2D eigenvalue weighted by atomic mass is 10.2. The highest BCUT2D eigenvalue weighted by atomic mass is 35.5. The van der Waals surface area contributed by atoms with Crippen LogP contribution in [0.5, 0.6) is 0 Å². The molecule has 6 N–H and O–H groups in total. The summed E-state index contributed by atoms with van der Waals surface area (Å²) in [5.74, 6) is -0.610. The van der Waals surface area contributed by atoms with Crippen molar-refractivity contribution in [1.29, 1.82) is 0 Å². The first-order valence-corrected chi connectivity index (χ1v) is 10.8. The first-order valence-electron chi connectivity index (χ1n) is 8.41. The van der Waals surface area contributed by atoms with Crippen molar-refractivity contribution >= 4 is 44.7 Å². The van der Waals surface area contributed by atoms with E-state index >= 15 is 0 Å². The van der Waals surface area contributed by atoms with E-state index in [1.54, 1.807) is 11.6 Å². The lowest BCUT2D eigenvalue weighted by molar-refractivity contribution is 0.179. The van der Waals surface area contributed by atoms with E-state index in [0.717, 1.165) is 19.4 Å². The monoisotopic (exact) mass is 435 g/mol. The molecule has 1 aromatic heterocycles. The molecule has 2 rings (SSSR count). The van der Waals surface area contributed by atoms with E-state index in [4.69, 9.17) is 17.3 Å². The van der Waals surface area contributed by atoms with Crippen LogP contribution in [0.2, 0.25) is 5.02 Å². The van der Waals surface area contributed by atoms with E-state index in [-0.39, 0.29) is 11.4 Å². The number of nitrogens with zero attached hydrogens (tertiary/aromatic N) is 1. The molecule has 0 aliphatic carbocycles. The summed E-state index contributed by atoms with van der Waals surface area (Å²) >= 11 is 7.46. The molecule has 0 fully saturated rings. The average Bonchev–Trinajstić information content (AvgIpc) is 3.15. The third-order valence-electron chi connectivity index (χ3n) is 3.58. The van der Waals surface area contributed by atoms with Gasteiger partial charge in [0, 0.05) is 31.2 Å². The number of aliphatic hydroxyl groups is 1. The zero-order valence-electron chi connectivity index (χ0n) is 14.6. The van der Waals surface area contributed by atoms with Crippen molar-refractivity contribution in [3.8, 4) is 0 Å². The quantitative estimate of drug-likeness (QED) is 0.327. The SMILES string of the molecule is NCC(O)CNCCCCNc1cc(F)c(S(=O)Nc2nccs2)cc1Cl. The normalized spacial score (nSPS) is 13.3.